The second-order valence-electron chi connectivity index (χ2n) is 2.15. The lowest BCUT2D eigenvalue weighted by molar-refractivity contribution is 0.600. The van der Waals surface area contributed by atoms with Crippen molar-refractivity contribution in [1.82, 2.24) is 9.97 Å². The number of aromatic amines is 1. The molecule has 0 fully saturated rings. The highest BCUT2D eigenvalue weighted by molar-refractivity contribution is 7.92. The summed E-state index contributed by atoms with van der Waals surface area (Å²) in [5, 5.41) is 0. The van der Waals surface area contributed by atoms with E-state index in [-0.39, 0.29) is 18.2 Å². The first kappa shape index (κ1) is 9.01. The van der Waals surface area contributed by atoms with Crippen molar-refractivity contribution >= 4 is 16.0 Å². The second kappa shape index (κ2) is 3.55. The van der Waals surface area contributed by atoms with E-state index in [1.807, 2.05) is 0 Å². The van der Waals surface area contributed by atoms with E-state index in [2.05, 4.69) is 14.7 Å². The Balaban J connectivity index is 2.63. The molecule has 6 nitrogen and oxygen atoms in total. The van der Waals surface area contributed by atoms with Crippen molar-refractivity contribution < 1.29 is 8.42 Å². The molecule has 0 radical (unpaired) electrons. The molecule has 7 heteroatoms. The molecule has 0 spiro atoms. The van der Waals surface area contributed by atoms with Gasteiger partial charge in [0.25, 0.3) is 0 Å². The minimum Gasteiger partial charge on any atom is -0.330 e. The van der Waals surface area contributed by atoms with Gasteiger partial charge in [0.15, 0.2) is 0 Å². The fraction of sp³-hybridized carbons (Fsp3) is 0.400. The molecule has 0 bridgehead atoms. The van der Waals surface area contributed by atoms with Crippen LogP contribution in [-0.4, -0.2) is 30.7 Å². The first-order chi connectivity index (χ1) is 5.64. The van der Waals surface area contributed by atoms with Crippen LogP contribution in [-0.2, 0) is 10.0 Å². The molecule has 12 heavy (non-hydrogen) atoms. The van der Waals surface area contributed by atoms with Crippen LogP contribution in [0.15, 0.2) is 12.4 Å². The summed E-state index contributed by atoms with van der Waals surface area (Å²) >= 11 is 0. The van der Waals surface area contributed by atoms with E-state index >= 15 is 0 Å². The maximum absolute atomic E-state index is 11.0. The van der Waals surface area contributed by atoms with Gasteiger partial charge in [-0.1, -0.05) is 0 Å². The van der Waals surface area contributed by atoms with Crippen LogP contribution in [0.5, 0.6) is 0 Å². The zero-order valence-electron chi connectivity index (χ0n) is 6.32. The highest BCUT2D eigenvalue weighted by atomic mass is 32.2. The van der Waals surface area contributed by atoms with Crippen LogP contribution in [0.3, 0.4) is 0 Å². The van der Waals surface area contributed by atoms with Gasteiger partial charge in [-0.3, -0.25) is 4.72 Å². The number of rotatable bonds is 4. The largest absolute Gasteiger partial charge is 0.330 e. The van der Waals surface area contributed by atoms with Crippen molar-refractivity contribution in [3.8, 4) is 0 Å². The Morgan fingerprint density at radius 2 is 2.42 bits per heavy atom. The third-order valence-corrected chi connectivity index (χ3v) is 2.41. The Kier molecular flexibility index (Phi) is 2.66. The summed E-state index contributed by atoms with van der Waals surface area (Å²) in [5.41, 5.74) is 5.09. The molecule has 0 saturated heterocycles. The Morgan fingerprint density at radius 1 is 1.67 bits per heavy atom. The number of imidazole rings is 1. The number of nitrogens with two attached hydrogens (primary N) is 1. The molecule has 68 valence electrons. The molecule has 0 aromatic carbocycles. The molecule has 1 aromatic heterocycles. The number of nitrogens with zero attached hydrogens (tertiary/aromatic N) is 1. The molecule has 4 N–H and O–H groups in total. The number of H-pyrrole nitrogens is 1. The van der Waals surface area contributed by atoms with E-state index in [0.29, 0.717) is 0 Å². The van der Waals surface area contributed by atoms with Crippen molar-refractivity contribution in [3.05, 3.63) is 12.4 Å². The molecule has 0 aliphatic heterocycles. The summed E-state index contributed by atoms with van der Waals surface area (Å²) in [4.78, 5) is 6.31. The van der Waals surface area contributed by atoms with E-state index in [1.165, 1.54) is 12.4 Å². The van der Waals surface area contributed by atoms with Crippen LogP contribution in [0.25, 0.3) is 0 Å². The molecule has 0 amide bonds. The summed E-state index contributed by atoms with van der Waals surface area (Å²) in [7, 11) is -3.32. The first-order valence-electron chi connectivity index (χ1n) is 3.34. The molecule has 1 rings (SSSR count). The number of hydrogen-bond donors (Lipinski definition) is 3. The predicted octanol–water partition coefficient (Wildman–Crippen LogP) is -0.890. The number of aromatic nitrogens is 2. The summed E-state index contributed by atoms with van der Waals surface area (Å²) in [6.45, 7) is 0.0933. The Labute approximate surface area is 70.2 Å². The average Bonchev–Trinajstić information content (AvgIpc) is 2.38. The lowest BCUT2D eigenvalue weighted by Gasteiger charge is -2.01. The lowest BCUT2D eigenvalue weighted by Crippen LogP contribution is -2.22. The first-order valence-corrected chi connectivity index (χ1v) is 4.99. The van der Waals surface area contributed by atoms with E-state index < -0.39 is 10.0 Å². The average molecular weight is 190 g/mol. The van der Waals surface area contributed by atoms with Gasteiger partial charge in [0, 0.05) is 18.9 Å². The zero-order valence-corrected chi connectivity index (χ0v) is 7.13. The molecule has 0 aliphatic rings. The summed E-state index contributed by atoms with van der Waals surface area (Å²) in [6, 6.07) is 0. The smallest absolute Gasteiger partial charge is 0.236 e. The molecular weight excluding hydrogens is 180 g/mol. The fourth-order valence-corrected chi connectivity index (χ4v) is 1.49. The molecule has 0 saturated carbocycles. The summed E-state index contributed by atoms with van der Waals surface area (Å²) < 4.78 is 24.3. The van der Waals surface area contributed by atoms with Crippen LogP contribution in [0.2, 0.25) is 0 Å². The SMILES string of the molecule is NCCS(=O)(=O)Nc1ncc[nH]1. The van der Waals surface area contributed by atoms with Gasteiger partial charge in [-0.05, 0) is 0 Å². The quantitative estimate of drug-likeness (QED) is 0.573. The molecular formula is C5H10N4O2S. The van der Waals surface area contributed by atoms with Crippen LogP contribution in [0.4, 0.5) is 5.95 Å². The number of nitrogens with one attached hydrogen (secondary N) is 2. The topological polar surface area (TPSA) is 101 Å². The van der Waals surface area contributed by atoms with Gasteiger partial charge in [0.2, 0.25) is 16.0 Å². The van der Waals surface area contributed by atoms with Gasteiger partial charge in [-0.2, -0.15) is 0 Å². The molecule has 1 heterocycles. The predicted molar refractivity (Wildman–Crippen MR) is 45.1 cm³/mol. The third-order valence-electron chi connectivity index (χ3n) is 1.14. The molecule has 1 aromatic rings. The Bertz CT molecular complexity index is 317. The van der Waals surface area contributed by atoms with Crippen LogP contribution in [0.1, 0.15) is 0 Å². The minimum atomic E-state index is -3.32. The zero-order chi connectivity index (χ0) is 9.03. The van der Waals surface area contributed by atoms with Gasteiger partial charge in [-0.25, -0.2) is 13.4 Å². The van der Waals surface area contributed by atoms with Crippen molar-refractivity contribution in [3.63, 3.8) is 0 Å². The molecule has 0 atom stereocenters. The number of anilines is 1. The van der Waals surface area contributed by atoms with Crippen LogP contribution in [0, 0.1) is 0 Å². The lowest BCUT2D eigenvalue weighted by atomic mass is 10.8. The minimum absolute atomic E-state index is 0.0933. The van der Waals surface area contributed by atoms with Gasteiger partial charge in [0.05, 0.1) is 5.75 Å². The maximum atomic E-state index is 11.0. The van der Waals surface area contributed by atoms with E-state index in [1.54, 1.807) is 0 Å². The van der Waals surface area contributed by atoms with Gasteiger partial charge in [-0.15, -0.1) is 0 Å². The number of sulfonamides is 1. The summed E-state index contributed by atoms with van der Waals surface area (Å²) in [6.07, 6.45) is 2.99. The molecule has 0 aliphatic carbocycles. The normalized spacial score (nSPS) is 11.4. The van der Waals surface area contributed by atoms with Crippen molar-refractivity contribution in [2.45, 2.75) is 0 Å². The summed E-state index contributed by atoms with van der Waals surface area (Å²) in [5.74, 6) is 0.108. The number of hydrogen-bond acceptors (Lipinski definition) is 4. The maximum Gasteiger partial charge on any atom is 0.236 e. The standard InChI is InChI=1S/C5H10N4O2S/c6-1-4-12(10,11)9-5-7-2-3-8-5/h2-3H,1,4,6H2,(H2,7,8,9). The van der Waals surface area contributed by atoms with E-state index in [0.717, 1.165) is 0 Å². The van der Waals surface area contributed by atoms with E-state index in [4.69, 9.17) is 5.73 Å². The van der Waals surface area contributed by atoms with Crippen LogP contribution >= 0.6 is 0 Å². The van der Waals surface area contributed by atoms with Gasteiger partial charge < -0.3 is 10.7 Å². The van der Waals surface area contributed by atoms with Crippen LogP contribution < -0.4 is 10.5 Å². The fourth-order valence-electron chi connectivity index (χ4n) is 0.675. The van der Waals surface area contributed by atoms with E-state index in [9.17, 15) is 8.42 Å². The molecule has 0 unspecified atom stereocenters. The highest BCUT2D eigenvalue weighted by Crippen LogP contribution is 1.98. The second-order valence-corrected chi connectivity index (χ2v) is 3.99. The third kappa shape index (κ3) is 2.51. The Morgan fingerprint density at radius 3 is 2.92 bits per heavy atom. The van der Waals surface area contributed by atoms with Gasteiger partial charge in [0.1, 0.15) is 0 Å². The van der Waals surface area contributed by atoms with Crippen molar-refractivity contribution in [2.24, 2.45) is 5.73 Å². The Hall–Kier alpha value is -1.08. The van der Waals surface area contributed by atoms with Crippen molar-refractivity contribution in [1.29, 1.82) is 0 Å². The van der Waals surface area contributed by atoms with Crippen molar-refractivity contribution in [2.75, 3.05) is 17.0 Å². The monoisotopic (exact) mass is 190 g/mol. The highest BCUT2D eigenvalue weighted by Gasteiger charge is 2.09. The van der Waals surface area contributed by atoms with Gasteiger partial charge >= 0.3 is 0 Å².